The number of alkyl halides is 2. The van der Waals surface area contributed by atoms with Crippen LogP contribution in [0.5, 0.6) is 11.5 Å². The number of halogens is 2. The molecule has 8 heteroatoms. The largest absolute Gasteiger partial charge is 0.493 e. The third-order valence-electron chi connectivity index (χ3n) is 3.47. The molecule has 1 saturated heterocycles. The Hall–Kier alpha value is -1.93. The van der Waals surface area contributed by atoms with Gasteiger partial charge in [0.2, 0.25) is 0 Å². The van der Waals surface area contributed by atoms with Gasteiger partial charge in [-0.15, -0.1) is 0 Å². The van der Waals surface area contributed by atoms with Crippen LogP contribution >= 0.6 is 0 Å². The Bertz CT molecular complexity index is 528. The van der Waals surface area contributed by atoms with Gasteiger partial charge in [0, 0.05) is 31.1 Å². The van der Waals surface area contributed by atoms with Crippen molar-refractivity contribution in [1.29, 1.82) is 0 Å². The molecule has 0 bridgehead atoms. The van der Waals surface area contributed by atoms with Crippen molar-refractivity contribution in [3.63, 3.8) is 0 Å². The van der Waals surface area contributed by atoms with Crippen LogP contribution in [-0.2, 0) is 0 Å². The number of methoxy groups -OCH3 is 1. The van der Waals surface area contributed by atoms with E-state index in [9.17, 15) is 18.7 Å². The molecule has 6 nitrogen and oxygen atoms in total. The van der Waals surface area contributed by atoms with Gasteiger partial charge in [0.1, 0.15) is 0 Å². The van der Waals surface area contributed by atoms with Gasteiger partial charge >= 0.3 is 6.61 Å². The summed E-state index contributed by atoms with van der Waals surface area (Å²) in [5, 5.41) is 15.3. The fourth-order valence-corrected chi connectivity index (χ4v) is 2.26. The normalized spacial score (nSPS) is 21.0. The van der Waals surface area contributed by atoms with E-state index >= 15 is 0 Å². The van der Waals surface area contributed by atoms with Crippen molar-refractivity contribution in [2.24, 2.45) is 5.92 Å². The van der Waals surface area contributed by atoms with E-state index in [1.807, 2.05) is 0 Å². The highest BCUT2D eigenvalue weighted by Gasteiger charge is 2.25. The summed E-state index contributed by atoms with van der Waals surface area (Å²) >= 11 is 0. The minimum Gasteiger partial charge on any atom is -0.493 e. The van der Waals surface area contributed by atoms with Crippen molar-refractivity contribution in [3.05, 3.63) is 23.8 Å². The van der Waals surface area contributed by atoms with Crippen LogP contribution in [0, 0.1) is 5.92 Å². The highest BCUT2D eigenvalue weighted by molar-refractivity contribution is 5.94. The van der Waals surface area contributed by atoms with Crippen LogP contribution in [0.4, 0.5) is 8.78 Å². The Morgan fingerprint density at radius 1 is 1.45 bits per heavy atom. The summed E-state index contributed by atoms with van der Waals surface area (Å²) in [5.41, 5.74) is 0.178. The van der Waals surface area contributed by atoms with Crippen LogP contribution in [0.15, 0.2) is 18.2 Å². The van der Waals surface area contributed by atoms with Crippen LogP contribution < -0.4 is 20.1 Å². The highest BCUT2D eigenvalue weighted by Crippen LogP contribution is 2.29. The van der Waals surface area contributed by atoms with Gasteiger partial charge in [-0.3, -0.25) is 4.79 Å². The predicted octanol–water partition coefficient (Wildman–Crippen LogP) is 0.607. The number of hydrogen-bond acceptors (Lipinski definition) is 5. The molecule has 0 aromatic heterocycles. The Morgan fingerprint density at radius 3 is 2.82 bits per heavy atom. The molecule has 1 aliphatic heterocycles. The standard InChI is InChI=1S/C14H18F2N2O4/c1-21-11-3-2-8(4-12(11)22-14(15)16)13(20)18-6-9-5-17-7-10(9)19/h2-4,9-10,14,17,19H,5-7H2,1H3,(H,18,20). The van der Waals surface area contributed by atoms with E-state index in [0.29, 0.717) is 19.6 Å². The average Bonchev–Trinajstić information content (AvgIpc) is 2.89. The van der Waals surface area contributed by atoms with E-state index in [-0.39, 0.29) is 23.0 Å². The van der Waals surface area contributed by atoms with Crippen molar-refractivity contribution < 1.29 is 28.2 Å². The van der Waals surface area contributed by atoms with E-state index in [1.54, 1.807) is 0 Å². The minimum atomic E-state index is -3.01. The second kappa shape index (κ2) is 7.37. The van der Waals surface area contributed by atoms with Gasteiger partial charge in [-0.1, -0.05) is 0 Å². The summed E-state index contributed by atoms with van der Waals surface area (Å²) in [7, 11) is 1.32. The summed E-state index contributed by atoms with van der Waals surface area (Å²) in [6, 6.07) is 4.04. The second-order valence-electron chi connectivity index (χ2n) is 4.94. The first-order valence-corrected chi connectivity index (χ1v) is 6.81. The number of rotatable bonds is 6. The minimum absolute atomic E-state index is 0.0704. The van der Waals surface area contributed by atoms with Gasteiger partial charge in [-0.05, 0) is 18.2 Å². The first-order valence-electron chi connectivity index (χ1n) is 6.81. The third-order valence-corrected chi connectivity index (χ3v) is 3.47. The summed E-state index contributed by atoms with van der Waals surface area (Å²) in [6.07, 6.45) is -0.506. The molecule has 0 aliphatic carbocycles. The average molecular weight is 316 g/mol. The smallest absolute Gasteiger partial charge is 0.387 e. The topological polar surface area (TPSA) is 79.8 Å². The van der Waals surface area contributed by atoms with Crippen LogP contribution in [0.2, 0.25) is 0 Å². The number of β-amino-alcohol motifs (C(OH)–C–C–N with tert-alkyl or cyclic N) is 1. The van der Waals surface area contributed by atoms with E-state index in [2.05, 4.69) is 15.4 Å². The van der Waals surface area contributed by atoms with Crippen molar-refractivity contribution in [2.75, 3.05) is 26.7 Å². The summed E-state index contributed by atoms with van der Waals surface area (Å²) in [4.78, 5) is 12.0. The Kier molecular flexibility index (Phi) is 5.51. The number of ether oxygens (including phenoxy) is 2. The van der Waals surface area contributed by atoms with E-state index in [4.69, 9.17) is 4.74 Å². The van der Waals surface area contributed by atoms with Crippen LogP contribution in [0.1, 0.15) is 10.4 Å². The lowest BCUT2D eigenvalue weighted by Crippen LogP contribution is -2.34. The lowest BCUT2D eigenvalue weighted by molar-refractivity contribution is -0.0512. The molecular weight excluding hydrogens is 298 g/mol. The van der Waals surface area contributed by atoms with E-state index in [0.717, 1.165) is 0 Å². The van der Waals surface area contributed by atoms with Crippen molar-refractivity contribution >= 4 is 5.91 Å². The summed E-state index contributed by atoms with van der Waals surface area (Å²) in [5.74, 6) is -0.583. The van der Waals surface area contributed by atoms with Crippen molar-refractivity contribution in [1.82, 2.24) is 10.6 Å². The molecule has 0 spiro atoms. The molecule has 2 rings (SSSR count). The van der Waals surface area contributed by atoms with Crippen LogP contribution in [0.25, 0.3) is 0 Å². The zero-order valence-electron chi connectivity index (χ0n) is 12.0. The van der Waals surface area contributed by atoms with Gasteiger partial charge < -0.3 is 25.2 Å². The molecule has 1 aromatic rings. The van der Waals surface area contributed by atoms with Gasteiger partial charge in [0.15, 0.2) is 11.5 Å². The molecule has 1 fully saturated rings. The van der Waals surface area contributed by atoms with E-state index in [1.165, 1.54) is 25.3 Å². The molecule has 1 heterocycles. The lowest BCUT2D eigenvalue weighted by atomic mass is 10.1. The molecule has 3 N–H and O–H groups in total. The SMILES string of the molecule is COc1ccc(C(=O)NCC2CNCC2O)cc1OC(F)F. The molecule has 1 aliphatic rings. The number of carbonyl (C=O) groups excluding carboxylic acids is 1. The van der Waals surface area contributed by atoms with E-state index < -0.39 is 18.6 Å². The Labute approximate surface area is 126 Å². The number of benzene rings is 1. The first-order chi connectivity index (χ1) is 10.5. The lowest BCUT2D eigenvalue weighted by Gasteiger charge is -2.15. The molecule has 122 valence electrons. The van der Waals surface area contributed by atoms with Crippen molar-refractivity contribution in [2.45, 2.75) is 12.7 Å². The Balaban J connectivity index is 2.02. The Morgan fingerprint density at radius 2 is 2.23 bits per heavy atom. The number of amides is 1. The second-order valence-corrected chi connectivity index (χ2v) is 4.94. The number of nitrogens with one attached hydrogen (secondary N) is 2. The third kappa shape index (κ3) is 4.05. The first kappa shape index (κ1) is 16.4. The monoisotopic (exact) mass is 316 g/mol. The quantitative estimate of drug-likeness (QED) is 0.716. The molecule has 22 heavy (non-hydrogen) atoms. The van der Waals surface area contributed by atoms with Crippen molar-refractivity contribution in [3.8, 4) is 11.5 Å². The maximum absolute atomic E-state index is 12.4. The summed E-state index contributed by atoms with van der Waals surface area (Å²) < 4.78 is 33.9. The maximum atomic E-state index is 12.4. The molecule has 2 atom stereocenters. The van der Waals surface area contributed by atoms with Gasteiger partial charge in [0.25, 0.3) is 5.91 Å². The number of aliphatic hydroxyl groups excluding tert-OH is 1. The number of hydrogen-bond donors (Lipinski definition) is 3. The maximum Gasteiger partial charge on any atom is 0.387 e. The zero-order valence-corrected chi connectivity index (χ0v) is 12.0. The van der Waals surface area contributed by atoms with Gasteiger partial charge in [-0.2, -0.15) is 8.78 Å². The number of aliphatic hydroxyl groups is 1. The zero-order chi connectivity index (χ0) is 16.1. The fraction of sp³-hybridized carbons (Fsp3) is 0.500. The molecule has 1 aromatic carbocycles. The summed E-state index contributed by atoms with van der Waals surface area (Å²) in [6.45, 7) is -1.60. The van der Waals surface area contributed by atoms with Crippen LogP contribution in [0.3, 0.4) is 0 Å². The molecule has 0 radical (unpaired) electrons. The number of carbonyl (C=O) groups is 1. The van der Waals surface area contributed by atoms with Gasteiger partial charge in [-0.25, -0.2) is 0 Å². The van der Waals surface area contributed by atoms with Gasteiger partial charge in [0.05, 0.1) is 13.2 Å². The molecular formula is C14H18F2N2O4. The van der Waals surface area contributed by atoms with Crippen LogP contribution in [-0.4, -0.2) is 50.5 Å². The molecule has 2 unspecified atom stereocenters. The predicted molar refractivity (Wildman–Crippen MR) is 74.3 cm³/mol. The molecule has 1 amide bonds. The fourth-order valence-electron chi connectivity index (χ4n) is 2.26. The highest BCUT2D eigenvalue weighted by atomic mass is 19.3. The molecule has 0 saturated carbocycles.